The van der Waals surface area contributed by atoms with Crippen molar-refractivity contribution >= 4 is 42.6 Å². The van der Waals surface area contributed by atoms with Crippen LogP contribution in [0.2, 0.25) is 0 Å². The first kappa shape index (κ1) is 24.8. The standard InChI is InChI=1S/C20H23FN4O2.2ClH/c1-14-2-4-15(5-3-14)12-25-9-8-17(13-25)23-19-7-6-16(11-22-19)10-18(21)20(26)24-27;;/h2-7,10-11,17,27H,8-9,12-13H2,1H3,(H,22,23)(H,24,26);2*1H/b18-10+;;/t17-;;/m1../s1. The number of aromatic nitrogens is 1. The molecule has 1 aliphatic heterocycles. The number of benzene rings is 1. The SMILES string of the molecule is Cc1ccc(CN2CC[C@@H](Nc3ccc(/C=C(/F)C(=O)NO)cn3)C2)cc1.Cl.Cl. The maximum Gasteiger partial charge on any atom is 0.303 e. The Hall–Kier alpha value is -2.19. The Kier molecular flexibility index (Phi) is 10.0. The zero-order valence-electron chi connectivity index (χ0n) is 16.0. The summed E-state index contributed by atoms with van der Waals surface area (Å²) in [6.45, 7) is 4.97. The molecular weight excluding hydrogens is 418 g/mol. The fourth-order valence-electron chi connectivity index (χ4n) is 3.10. The molecule has 0 spiro atoms. The molecule has 3 rings (SSSR count). The van der Waals surface area contributed by atoms with E-state index in [1.807, 2.05) is 0 Å². The van der Waals surface area contributed by atoms with Crippen molar-refractivity contribution in [3.05, 3.63) is 65.1 Å². The van der Waals surface area contributed by atoms with Gasteiger partial charge in [-0.25, -0.2) is 14.9 Å². The van der Waals surface area contributed by atoms with E-state index in [-0.39, 0.29) is 24.8 Å². The molecule has 2 aromatic rings. The normalized spacial score (nSPS) is 16.5. The number of nitrogens with zero attached hydrogens (tertiary/aromatic N) is 2. The van der Waals surface area contributed by atoms with Gasteiger partial charge in [-0.05, 0) is 42.7 Å². The molecule has 1 atom stereocenters. The van der Waals surface area contributed by atoms with Gasteiger partial charge in [0.2, 0.25) is 0 Å². The largest absolute Gasteiger partial charge is 0.366 e. The Morgan fingerprint density at radius 1 is 1.28 bits per heavy atom. The van der Waals surface area contributed by atoms with Gasteiger partial charge in [0, 0.05) is 31.9 Å². The highest BCUT2D eigenvalue weighted by Crippen LogP contribution is 2.18. The van der Waals surface area contributed by atoms with Crippen LogP contribution in [0.15, 0.2) is 48.4 Å². The molecule has 0 bridgehead atoms. The Bertz CT molecular complexity index is 816. The second kappa shape index (κ2) is 11.7. The fraction of sp³-hybridized carbons (Fsp3) is 0.300. The van der Waals surface area contributed by atoms with Crippen molar-refractivity contribution < 1.29 is 14.4 Å². The number of hydrogen-bond donors (Lipinski definition) is 3. The monoisotopic (exact) mass is 442 g/mol. The maximum absolute atomic E-state index is 13.4. The van der Waals surface area contributed by atoms with E-state index >= 15 is 0 Å². The highest BCUT2D eigenvalue weighted by molar-refractivity contribution is 5.94. The first-order chi connectivity index (χ1) is 13.0. The van der Waals surface area contributed by atoms with Gasteiger partial charge in [-0.15, -0.1) is 24.8 Å². The summed E-state index contributed by atoms with van der Waals surface area (Å²) in [6.07, 6.45) is 3.52. The third-order valence-electron chi connectivity index (χ3n) is 4.55. The number of amides is 1. The number of pyridine rings is 1. The topological polar surface area (TPSA) is 77.5 Å². The highest BCUT2D eigenvalue weighted by Gasteiger charge is 2.22. The number of halogens is 3. The molecule has 1 aromatic heterocycles. The van der Waals surface area contributed by atoms with Gasteiger partial charge in [0.15, 0.2) is 5.83 Å². The number of carbonyl (C=O) groups excluding carboxylic acids is 1. The van der Waals surface area contributed by atoms with E-state index in [9.17, 15) is 9.18 Å². The minimum Gasteiger partial charge on any atom is -0.366 e. The van der Waals surface area contributed by atoms with Crippen molar-refractivity contribution in [2.45, 2.75) is 25.9 Å². The Morgan fingerprint density at radius 2 is 2.00 bits per heavy atom. The molecule has 1 aliphatic rings. The predicted molar refractivity (Wildman–Crippen MR) is 116 cm³/mol. The highest BCUT2D eigenvalue weighted by atomic mass is 35.5. The minimum atomic E-state index is -1.18. The zero-order chi connectivity index (χ0) is 19.2. The molecule has 1 aromatic carbocycles. The van der Waals surface area contributed by atoms with Crippen molar-refractivity contribution in [3.8, 4) is 0 Å². The summed E-state index contributed by atoms with van der Waals surface area (Å²) < 4.78 is 13.4. The van der Waals surface area contributed by atoms with Crippen LogP contribution in [-0.4, -0.2) is 40.1 Å². The van der Waals surface area contributed by atoms with E-state index in [0.29, 0.717) is 17.4 Å². The molecule has 158 valence electrons. The summed E-state index contributed by atoms with van der Waals surface area (Å²) in [6, 6.07) is 12.3. The summed E-state index contributed by atoms with van der Waals surface area (Å²) in [7, 11) is 0. The number of hydroxylamine groups is 1. The van der Waals surface area contributed by atoms with Crippen LogP contribution in [0.4, 0.5) is 10.2 Å². The third-order valence-corrected chi connectivity index (χ3v) is 4.55. The van der Waals surface area contributed by atoms with Crippen LogP contribution >= 0.6 is 24.8 Å². The van der Waals surface area contributed by atoms with Gasteiger partial charge in [-0.2, -0.15) is 0 Å². The Balaban J connectivity index is 0.00000210. The molecular formula is C20H25Cl2FN4O2. The van der Waals surface area contributed by atoms with E-state index < -0.39 is 11.7 Å². The molecule has 3 N–H and O–H groups in total. The Labute approximate surface area is 182 Å². The van der Waals surface area contributed by atoms with Gasteiger partial charge in [0.1, 0.15) is 5.82 Å². The molecule has 9 heteroatoms. The maximum atomic E-state index is 13.4. The summed E-state index contributed by atoms with van der Waals surface area (Å²) >= 11 is 0. The number of hydrogen-bond acceptors (Lipinski definition) is 5. The van der Waals surface area contributed by atoms with Crippen LogP contribution < -0.4 is 10.8 Å². The minimum absolute atomic E-state index is 0. The first-order valence-corrected chi connectivity index (χ1v) is 8.85. The smallest absolute Gasteiger partial charge is 0.303 e. The van der Waals surface area contributed by atoms with Gasteiger partial charge in [-0.1, -0.05) is 29.8 Å². The second-order valence-electron chi connectivity index (χ2n) is 6.76. The van der Waals surface area contributed by atoms with Crippen LogP contribution in [0.25, 0.3) is 6.08 Å². The van der Waals surface area contributed by atoms with E-state index in [1.54, 1.807) is 12.1 Å². The van der Waals surface area contributed by atoms with E-state index in [1.165, 1.54) is 22.8 Å². The Morgan fingerprint density at radius 3 is 2.62 bits per heavy atom. The number of nitrogens with one attached hydrogen (secondary N) is 2. The van der Waals surface area contributed by atoms with Crippen LogP contribution in [0.3, 0.4) is 0 Å². The van der Waals surface area contributed by atoms with Crippen molar-refractivity contribution in [1.82, 2.24) is 15.4 Å². The summed E-state index contributed by atoms with van der Waals surface area (Å²) in [5.41, 5.74) is 4.26. The molecule has 1 amide bonds. The lowest BCUT2D eigenvalue weighted by molar-refractivity contribution is -0.126. The average molecular weight is 443 g/mol. The lowest BCUT2D eigenvalue weighted by atomic mass is 10.1. The molecule has 2 heterocycles. The van der Waals surface area contributed by atoms with Crippen molar-refractivity contribution in [1.29, 1.82) is 0 Å². The average Bonchev–Trinajstić information content (AvgIpc) is 3.11. The molecule has 29 heavy (non-hydrogen) atoms. The number of aryl methyl sites for hydroxylation is 1. The molecule has 0 unspecified atom stereocenters. The lowest BCUT2D eigenvalue weighted by Crippen LogP contribution is -2.26. The van der Waals surface area contributed by atoms with Crippen molar-refractivity contribution in [2.24, 2.45) is 0 Å². The van der Waals surface area contributed by atoms with Crippen LogP contribution in [0.1, 0.15) is 23.1 Å². The van der Waals surface area contributed by atoms with Gasteiger partial charge >= 0.3 is 5.91 Å². The molecule has 1 saturated heterocycles. The van der Waals surface area contributed by atoms with E-state index in [0.717, 1.165) is 32.1 Å². The van der Waals surface area contributed by atoms with Gasteiger partial charge < -0.3 is 5.32 Å². The molecule has 0 saturated carbocycles. The van der Waals surface area contributed by atoms with Crippen LogP contribution in [0.5, 0.6) is 0 Å². The van der Waals surface area contributed by atoms with Gasteiger partial charge in [-0.3, -0.25) is 14.9 Å². The van der Waals surface area contributed by atoms with Crippen molar-refractivity contribution in [3.63, 3.8) is 0 Å². The number of likely N-dealkylation sites (tertiary alicyclic amines) is 1. The quantitative estimate of drug-likeness (QED) is 0.360. The molecule has 1 fully saturated rings. The van der Waals surface area contributed by atoms with E-state index in [4.69, 9.17) is 5.21 Å². The van der Waals surface area contributed by atoms with Crippen molar-refractivity contribution in [2.75, 3.05) is 18.4 Å². The fourth-order valence-corrected chi connectivity index (χ4v) is 3.10. The third kappa shape index (κ3) is 7.29. The summed E-state index contributed by atoms with van der Waals surface area (Å²) in [5.74, 6) is -1.55. The zero-order valence-corrected chi connectivity index (χ0v) is 17.6. The number of carbonyl (C=O) groups is 1. The van der Waals surface area contributed by atoms with Crippen LogP contribution in [0, 0.1) is 6.92 Å². The second-order valence-corrected chi connectivity index (χ2v) is 6.76. The number of anilines is 1. The van der Waals surface area contributed by atoms with Crippen LogP contribution in [-0.2, 0) is 11.3 Å². The first-order valence-electron chi connectivity index (χ1n) is 8.85. The molecule has 0 aliphatic carbocycles. The number of rotatable bonds is 6. The van der Waals surface area contributed by atoms with E-state index in [2.05, 4.69) is 46.4 Å². The summed E-state index contributed by atoms with van der Waals surface area (Å²) in [4.78, 5) is 17.6. The predicted octanol–water partition coefficient (Wildman–Crippen LogP) is 3.74. The van der Waals surface area contributed by atoms with Gasteiger partial charge in [0.25, 0.3) is 0 Å². The molecule has 6 nitrogen and oxygen atoms in total. The molecule has 0 radical (unpaired) electrons. The summed E-state index contributed by atoms with van der Waals surface area (Å²) in [5, 5.41) is 11.8. The lowest BCUT2D eigenvalue weighted by Gasteiger charge is -2.17. The van der Waals surface area contributed by atoms with Gasteiger partial charge in [0.05, 0.1) is 0 Å².